The maximum Gasteiger partial charge on any atom is 0.489 e. The predicted molar refractivity (Wildman–Crippen MR) is 66.5 cm³/mol. The van der Waals surface area contributed by atoms with Crippen molar-refractivity contribution in [3.63, 3.8) is 0 Å². The first-order chi connectivity index (χ1) is 8.42. The number of hydrogen-bond acceptors (Lipinski definition) is 2. The highest BCUT2D eigenvalue weighted by molar-refractivity contribution is 6.19. The lowest BCUT2D eigenvalue weighted by atomic mass is 9.87. The molecule has 2 aromatic carbocycles. The first-order valence-corrected chi connectivity index (χ1v) is 5.64. The minimum Gasteiger partial charge on any atom is -0.410 e. The number of rotatable bonds is 2. The zero-order valence-electron chi connectivity index (χ0n) is 9.37. The Labute approximate surface area is 101 Å². The number of benzene rings is 2. The summed E-state index contributed by atoms with van der Waals surface area (Å²) in [7, 11) is 1.43. The van der Waals surface area contributed by atoms with Crippen molar-refractivity contribution in [2.24, 2.45) is 0 Å². The van der Waals surface area contributed by atoms with Crippen LogP contribution in [0.2, 0.25) is 0 Å². The van der Waals surface area contributed by atoms with Gasteiger partial charge < -0.3 is 9.31 Å². The van der Waals surface area contributed by atoms with Gasteiger partial charge in [0.25, 0.3) is 0 Å². The van der Waals surface area contributed by atoms with Crippen LogP contribution in [0.25, 0.3) is 0 Å². The summed E-state index contributed by atoms with van der Waals surface area (Å²) in [6, 6.07) is 20.3. The summed E-state index contributed by atoms with van der Waals surface area (Å²) in [5.74, 6) is 0. The summed E-state index contributed by atoms with van der Waals surface area (Å²) in [6.07, 6.45) is 0. The molecule has 1 saturated heterocycles. The van der Waals surface area contributed by atoms with Gasteiger partial charge in [-0.15, -0.1) is 0 Å². The fourth-order valence-electron chi connectivity index (χ4n) is 2.19. The molecule has 1 radical (unpaired) electrons. The molecular formula is C14H12BO2. The first-order valence-electron chi connectivity index (χ1n) is 5.64. The van der Waals surface area contributed by atoms with E-state index in [1.807, 2.05) is 36.4 Å². The van der Waals surface area contributed by atoms with Gasteiger partial charge in [-0.05, 0) is 11.1 Å². The van der Waals surface area contributed by atoms with E-state index in [1.165, 1.54) is 7.69 Å². The van der Waals surface area contributed by atoms with E-state index >= 15 is 0 Å². The Morgan fingerprint density at radius 2 is 1.35 bits per heavy atom. The van der Waals surface area contributed by atoms with Gasteiger partial charge in [-0.25, -0.2) is 0 Å². The predicted octanol–water partition coefficient (Wildman–Crippen LogP) is 2.51. The van der Waals surface area contributed by atoms with E-state index in [0.717, 1.165) is 11.1 Å². The van der Waals surface area contributed by atoms with Gasteiger partial charge in [-0.3, -0.25) is 0 Å². The van der Waals surface area contributed by atoms with Gasteiger partial charge >= 0.3 is 7.69 Å². The van der Waals surface area contributed by atoms with Crippen molar-refractivity contribution in [1.82, 2.24) is 0 Å². The summed E-state index contributed by atoms with van der Waals surface area (Å²) in [4.78, 5) is 0. The molecule has 0 amide bonds. The molecule has 17 heavy (non-hydrogen) atoms. The molecular weight excluding hydrogens is 211 g/mol. The standard InChI is InChI=1S/C14H12BO2/c1-3-7-12(8-4-1)14(11-16-15-17-14)13-9-5-2-6-10-13/h1-10H,11H2. The molecule has 1 aliphatic rings. The molecule has 3 rings (SSSR count). The van der Waals surface area contributed by atoms with Gasteiger partial charge in [-0.2, -0.15) is 0 Å². The van der Waals surface area contributed by atoms with Gasteiger partial charge in [0.05, 0.1) is 6.61 Å². The summed E-state index contributed by atoms with van der Waals surface area (Å²) < 4.78 is 11.1. The van der Waals surface area contributed by atoms with Crippen molar-refractivity contribution in [3.05, 3.63) is 71.8 Å². The maximum atomic E-state index is 5.77. The van der Waals surface area contributed by atoms with Crippen LogP contribution in [-0.2, 0) is 14.9 Å². The molecule has 3 heteroatoms. The lowest BCUT2D eigenvalue weighted by molar-refractivity contribution is 0.140. The van der Waals surface area contributed by atoms with E-state index in [2.05, 4.69) is 24.3 Å². The quantitative estimate of drug-likeness (QED) is 0.728. The molecule has 2 nitrogen and oxygen atoms in total. The molecule has 0 unspecified atom stereocenters. The summed E-state index contributed by atoms with van der Waals surface area (Å²) in [5, 5.41) is 0. The molecule has 0 bridgehead atoms. The van der Waals surface area contributed by atoms with Crippen LogP contribution in [0.4, 0.5) is 0 Å². The maximum absolute atomic E-state index is 5.77. The van der Waals surface area contributed by atoms with E-state index in [9.17, 15) is 0 Å². The zero-order chi connectivity index (χ0) is 11.6. The van der Waals surface area contributed by atoms with Gasteiger partial charge in [0.15, 0.2) is 0 Å². The SMILES string of the molecule is [B]1OCC(c2ccccc2)(c2ccccc2)O1. The topological polar surface area (TPSA) is 18.5 Å². The molecule has 1 fully saturated rings. The summed E-state index contributed by atoms with van der Waals surface area (Å²) in [5.41, 5.74) is 1.72. The molecule has 0 aromatic heterocycles. The second-order valence-electron chi connectivity index (χ2n) is 4.08. The average Bonchev–Trinajstić information content (AvgIpc) is 2.91. The molecule has 1 aliphatic heterocycles. The normalized spacial score (nSPS) is 17.6. The van der Waals surface area contributed by atoms with Crippen LogP contribution in [0.5, 0.6) is 0 Å². The van der Waals surface area contributed by atoms with Gasteiger partial charge in [0, 0.05) is 0 Å². The van der Waals surface area contributed by atoms with E-state index in [1.54, 1.807) is 0 Å². The monoisotopic (exact) mass is 223 g/mol. The highest BCUT2D eigenvalue weighted by Crippen LogP contribution is 2.36. The molecule has 1 heterocycles. The minimum atomic E-state index is -0.498. The molecule has 0 saturated carbocycles. The first kappa shape index (κ1) is 10.6. The Balaban J connectivity index is 2.11. The lowest BCUT2D eigenvalue weighted by Gasteiger charge is -2.28. The van der Waals surface area contributed by atoms with Crippen LogP contribution in [0.3, 0.4) is 0 Å². The van der Waals surface area contributed by atoms with Crippen LogP contribution in [0.1, 0.15) is 11.1 Å². The van der Waals surface area contributed by atoms with Crippen LogP contribution in [-0.4, -0.2) is 14.3 Å². The van der Waals surface area contributed by atoms with E-state index < -0.39 is 5.60 Å². The van der Waals surface area contributed by atoms with Gasteiger partial charge in [0.2, 0.25) is 0 Å². The highest BCUT2D eigenvalue weighted by atomic mass is 16.6. The fraction of sp³-hybridized carbons (Fsp3) is 0.143. The Morgan fingerprint density at radius 3 is 1.76 bits per heavy atom. The van der Waals surface area contributed by atoms with E-state index in [4.69, 9.17) is 9.31 Å². The molecule has 0 spiro atoms. The van der Waals surface area contributed by atoms with Gasteiger partial charge in [0.1, 0.15) is 5.60 Å². The summed E-state index contributed by atoms with van der Waals surface area (Å²) >= 11 is 0. The molecule has 0 aliphatic carbocycles. The Kier molecular flexibility index (Phi) is 2.71. The van der Waals surface area contributed by atoms with Crippen molar-refractivity contribution in [2.45, 2.75) is 5.60 Å². The van der Waals surface area contributed by atoms with Crippen molar-refractivity contribution in [3.8, 4) is 0 Å². The summed E-state index contributed by atoms with van der Waals surface area (Å²) in [6.45, 7) is 0.515. The molecule has 83 valence electrons. The highest BCUT2D eigenvalue weighted by Gasteiger charge is 2.40. The number of hydrogen-bond donors (Lipinski definition) is 0. The van der Waals surface area contributed by atoms with E-state index in [0.29, 0.717) is 6.61 Å². The second-order valence-corrected chi connectivity index (χ2v) is 4.08. The molecule has 0 N–H and O–H groups in total. The second kappa shape index (κ2) is 4.36. The van der Waals surface area contributed by atoms with Crippen LogP contribution < -0.4 is 0 Å². The van der Waals surface area contributed by atoms with E-state index in [-0.39, 0.29) is 0 Å². The fourth-order valence-corrected chi connectivity index (χ4v) is 2.19. The Hall–Kier alpha value is -1.58. The van der Waals surface area contributed by atoms with Crippen molar-refractivity contribution in [1.29, 1.82) is 0 Å². The molecule has 2 aromatic rings. The van der Waals surface area contributed by atoms with Gasteiger partial charge in [-0.1, -0.05) is 60.7 Å². The van der Waals surface area contributed by atoms with Crippen LogP contribution in [0, 0.1) is 0 Å². The van der Waals surface area contributed by atoms with Crippen molar-refractivity contribution < 1.29 is 9.31 Å². The van der Waals surface area contributed by atoms with Crippen molar-refractivity contribution >= 4 is 7.69 Å². The minimum absolute atomic E-state index is 0.498. The lowest BCUT2D eigenvalue weighted by Crippen LogP contribution is -2.30. The third-order valence-electron chi connectivity index (χ3n) is 3.08. The average molecular weight is 223 g/mol. The zero-order valence-corrected chi connectivity index (χ0v) is 9.37. The largest absolute Gasteiger partial charge is 0.489 e. The third-order valence-corrected chi connectivity index (χ3v) is 3.08. The third kappa shape index (κ3) is 1.77. The Morgan fingerprint density at radius 1 is 0.824 bits per heavy atom. The van der Waals surface area contributed by atoms with Crippen LogP contribution in [0.15, 0.2) is 60.7 Å². The Bertz CT molecular complexity index is 437. The smallest absolute Gasteiger partial charge is 0.410 e. The van der Waals surface area contributed by atoms with Crippen LogP contribution >= 0.6 is 0 Å². The molecule has 0 atom stereocenters. The van der Waals surface area contributed by atoms with Crippen molar-refractivity contribution in [2.75, 3.05) is 6.61 Å².